The Morgan fingerprint density at radius 1 is 0.848 bits per heavy atom. The molecule has 3 aromatic carbocycles. The van der Waals surface area contributed by atoms with Crippen LogP contribution in [-0.2, 0) is 24.5 Å². The predicted molar refractivity (Wildman–Crippen MR) is 173 cm³/mol. The van der Waals surface area contributed by atoms with Gasteiger partial charge in [0.1, 0.15) is 41.7 Å². The molecule has 2 N–H and O–H groups in total. The third kappa shape index (κ3) is 5.19. The zero-order chi connectivity index (χ0) is 32.1. The minimum atomic E-state index is -1.03. The molecule has 7 rings (SSSR count). The third-order valence-electron chi connectivity index (χ3n) is 8.48. The maximum absolute atomic E-state index is 7.17. The number of anilines is 1. The quantitative estimate of drug-likeness (QED) is 0.154. The number of rotatable bonds is 9. The fourth-order valence-electron chi connectivity index (χ4n) is 6.41. The van der Waals surface area contributed by atoms with Crippen molar-refractivity contribution in [2.45, 2.75) is 49.8 Å². The highest BCUT2D eigenvalue weighted by molar-refractivity contribution is 9.10. The predicted octanol–water partition coefficient (Wildman–Crippen LogP) is 5.61. The van der Waals surface area contributed by atoms with Crippen molar-refractivity contribution >= 4 is 32.9 Å². The second-order valence-corrected chi connectivity index (χ2v) is 12.3. The Kier molecular flexibility index (Phi) is 7.94. The maximum atomic E-state index is 7.17. The molecule has 2 saturated heterocycles. The number of hydrogen-bond donors (Lipinski definition) is 1. The monoisotopic (exact) mass is 687 g/mol. The van der Waals surface area contributed by atoms with Crippen LogP contribution in [0.15, 0.2) is 89.9 Å². The molecular formula is C34H34BrN5O6. The lowest BCUT2D eigenvalue weighted by atomic mass is 9.80. The second kappa shape index (κ2) is 11.9. The van der Waals surface area contributed by atoms with Crippen molar-refractivity contribution in [2.75, 3.05) is 26.6 Å². The molecule has 0 radical (unpaired) electrons. The third-order valence-corrected chi connectivity index (χ3v) is 9.04. The van der Waals surface area contributed by atoms with E-state index in [9.17, 15) is 0 Å². The van der Waals surface area contributed by atoms with Gasteiger partial charge in [-0.05, 0) is 70.7 Å². The highest BCUT2D eigenvalue weighted by Crippen LogP contribution is 2.47. The fraction of sp³-hybridized carbons (Fsp3) is 0.324. The van der Waals surface area contributed by atoms with Crippen LogP contribution >= 0.6 is 15.9 Å². The highest BCUT2D eigenvalue weighted by atomic mass is 79.9. The summed E-state index contributed by atoms with van der Waals surface area (Å²) in [5.74, 6) is 0.905. The van der Waals surface area contributed by atoms with Crippen LogP contribution in [-0.4, -0.2) is 64.4 Å². The molecule has 0 aliphatic carbocycles. The van der Waals surface area contributed by atoms with E-state index in [0.717, 1.165) is 28.2 Å². The smallest absolute Gasteiger partial charge is 0.181 e. The van der Waals surface area contributed by atoms with E-state index in [1.54, 1.807) is 14.2 Å². The van der Waals surface area contributed by atoms with E-state index in [1.807, 2.05) is 85.1 Å². The normalized spacial score (nSPS) is 22.2. The van der Waals surface area contributed by atoms with Crippen LogP contribution in [0.25, 0.3) is 11.2 Å². The molecular weight excluding hydrogens is 654 g/mol. The molecule has 0 saturated carbocycles. The van der Waals surface area contributed by atoms with Crippen molar-refractivity contribution < 1.29 is 28.4 Å². The lowest BCUT2D eigenvalue weighted by molar-refractivity contribution is -0.205. The molecule has 4 heterocycles. The summed E-state index contributed by atoms with van der Waals surface area (Å²) in [7, 11) is 3.30. The van der Waals surface area contributed by atoms with Crippen molar-refractivity contribution in [3.63, 3.8) is 0 Å². The minimum Gasteiger partial charge on any atom is -0.497 e. The van der Waals surface area contributed by atoms with E-state index in [1.165, 1.54) is 6.33 Å². The first kappa shape index (κ1) is 30.6. The lowest BCUT2D eigenvalue weighted by Gasteiger charge is -2.37. The summed E-state index contributed by atoms with van der Waals surface area (Å²) >= 11 is 3.59. The van der Waals surface area contributed by atoms with Crippen LogP contribution in [0.5, 0.6) is 11.5 Å². The molecule has 238 valence electrons. The summed E-state index contributed by atoms with van der Waals surface area (Å²) in [4.78, 5) is 13.1. The largest absolute Gasteiger partial charge is 0.497 e. The van der Waals surface area contributed by atoms with Gasteiger partial charge in [-0.1, -0.05) is 54.6 Å². The first-order chi connectivity index (χ1) is 22.2. The van der Waals surface area contributed by atoms with Crippen molar-refractivity contribution in [3.8, 4) is 11.5 Å². The van der Waals surface area contributed by atoms with Gasteiger partial charge in [0, 0.05) is 0 Å². The number of aromatic nitrogens is 4. The van der Waals surface area contributed by atoms with Crippen LogP contribution in [0, 0.1) is 0 Å². The van der Waals surface area contributed by atoms with Gasteiger partial charge in [0.15, 0.2) is 33.7 Å². The average Bonchev–Trinajstić information content (AvgIpc) is 3.70. The Morgan fingerprint density at radius 2 is 1.43 bits per heavy atom. The number of nitrogens with zero attached hydrogens (tertiary/aromatic N) is 4. The molecule has 5 aromatic rings. The number of methoxy groups -OCH3 is 2. The first-order valence-corrected chi connectivity index (χ1v) is 15.7. The summed E-state index contributed by atoms with van der Waals surface area (Å²) in [6.07, 6.45) is -0.698. The van der Waals surface area contributed by atoms with Crippen LogP contribution in [0.3, 0.4) is 0 Å². The minimum absolute atomic E-state index is 0.158. The highest BCUT2D eigenvalue weighted by Gasteiger charge is 2.57. The zero-order valence-electron chi connectivity index (χ0n) is 25.8. The number of fused-ring (bicyclic) bond motifs is 2. The van der Waals surface area contributed by atoms with Gasteiger partial charge in [0.2, 0.25) is 0 Å². The van der Waals surface area contributed by atoms with Gasteiger partial charge in [-0.3, -0.25) is 4.57 Å². The van der Waals surface area contributed by atoms with Crippen LogP contribution in [0.2, 0.25) is 0 Å². The van der Waals surface area contributed by atoms with Gasteiger partial charge in [0.05, 0.1) is 20.8 Å². The van der Waals surface area contributed by atoms with Crippen LogP contribution in [0.1, 0.15) is 36.8 Å². The standard InChI is InChI=1S/C34H34BrN5O6/c1-33(2)45-27-25(44-31(28(27)46-33)40-30-26(39-32(40)35)29(36)37-19-38-30)18-43-34(20-8-6-5-7-9-20,21-10-14-23(41-3)15-11-21)22-12-16-24(42-4)17-13-22/h5-17,19,25,27-28,31H,18H2,1-4H3,(H2,36,37,38)/t25-,27-,28-,31-/m1/s1. The van der Waals surface area contributed by atoms with Crippen LogP contribution in [0.4, 0.5) is 5.82 Å². The molecule has 2 aliphatic heterocycles. The van der Waals surface area contributed by atoms with Crippen molar-refractivity contribution in [1.29, 1.82) is 0 Å². The molecule has 0 amide bonds. The van der Waals surface area contributed by atoms with E-state index in [0.29, 0.717) is 15.9 Å². The van der Waals surface area contributed by atoms with Gasteiger partial charge in [-0.15, -0.1) is 0 Å². The Morgan fingerprint density at radius 3 is 2.04 bits per heavy atom. The maximum Gasteiger partial charge on any atom is 0.181 e. The van der Waals surface area contributed by atoms with Crippen molar-refractivity contribution in [3.05, 3.63) is 107 Å². The number of nitrogens with two attached hydrogens (primary N) is 1. The number of imidazole rings is 1. The molecule has 0 bridgehead atoms. The van der Waals surface area contributed by atoms with Crippen LogP contribution < -0.4 is 15.2 Å². The van der Waals surface area contributed by atoms with Crippen molar-refractivity contribution in [2.24, 2.45) is 0 Å². The molecule has 0 spiro atoms. The second-order valence-electron chi connectivity index (χ2n) is 11.6. The topological polar surface area (TPSA) is 125 Å². The summed E-state index contributed by atoms with van der Waals surface area (Å²) < 4.78 is 40.1. The number of benzene rings is 3. The van der Waals surface area contributed by atoms with E-state index in [-0.39, 0.29) is 12.4 Å². The molecule has 4 atom stereocenters. The van der Waals surface area contributed by atoms with Gasteiger partial charge in [0.25, 0.3) is 0 Å². The van der Waals surface area contributed by atoms with Gasteiger partial charge >= 0.3 is 0 Å². The van der Waals surface area contributed by atoms with Gasteiger partial charge in [-0.2, -0.15) is 0 Å². The van der Waals surface area contributed by atoms with E-state index in [4.69, 9.17) is 34.2 Å². The SMILES string of the molecule is COc1ccc(C(OC[C@H]2O[C@@H](n3c(Br)nc4c(N)ncnc43)[C@@H]3OC(C)(C)O[C@@H]32)(c2ccccc2)c2ccc(OC)cc2)cc1. The Bertz CT molecular complexity index is 1790. The molecule has 0 unspecified atom stereocenters. The first-order valence-electron chi connectivity index (χ1n) is 14.9. The number of ether oxygens (including phenoxy) is 6. The summed E-state index contributed by atoms with van der Waals surface area (Å²) in [5, 5.41) is 0. The Labute approximate surface area is 274 Å². The fourth-order valence-corrected chi connectivity index (χ4v) is 6.95. The molecule has 2 aliphatic rings. The van der Waals surface area contributed by atoms with Gasteiger partial charge < -0.3 is 34.2 Å². The van der Waals surface area contributed by atoms with E-state index >= 15 is 0 Å². The number of halogens is 1. The molecule has 12 heteroatoms. The van der Waals surface area contributed by atoms with Crippen molar-refractivity contribution in [1.82, 2.24) is 19.5 Å². The zero-order valence-corrected chi connectivity index (χ0v) is 27.4. The molecule has 2 aromatic heterocycles. The Balaban J connectivity index is 1.31. The molecule has 2 fully saturated rings. The molecule has 46 heavy (non-hydrogen) atoms. The number of nitrogen functional groups attached to an aromatic ring is 1. The molecule has 11 nitrogen and oxygen atoms in total. The number of hydrogen-bond acceptors (Lipinski definition) is 10. The summed E-state index contributed by atoms with van der Waals surface area (Å²) in [6, 6.07) is 25.9. The average molecular weight is 689 g/mol. The van der Waals surface area contributed by atoms with E-state index in [2.05, 4.69) is 43.0 Å². The lowest BCUT2D eigenvalue weighted by Crippen LogP contribution is -2.39. The summed E-state index contributed by atoms with van der Waals surface area (Å²) in [5.41, 5.74) is 8.85. The van der Waals surface area contributed by atoms with Gasteiger partial charge in [-0.25, -0.2) is 15.0 Å². The van der Waals surface area contributed by atoms with E-state index < -0.39 is 35.9 Å². The summed E-state index contributed by atoms with van der Waals surface area (Å²) in [6.45, 7) is 3.94. The Hall–Kier alpha value is -4.07.